The van der Waals surface area contributed by atoms with Crippen LogP contribution in [0.25, 0.3) is 0 Å². The predicted molar refractivity (Wildman–Crippen MR) is 157 cm³/mol. The lowest BCUT2D eigenvalue weighted by atomic mass is 9.30. The van der Waals surface area contributed by atoms with Gasteiger partial charge in [-0.2, -0.15) is 0 Å². The topological polar surface area (TPSA) is 104 Å². The molecule has 0 aliphatic heterocycles. The van der Waals surface area contributed by atoms with Crippen molar-refractivity contribution < 1.29 is 4.57 Å². The Morgan fingerprint density at radius 1 is 0.553 bits per heavy atom. The van der Waals surface area contributed by atoms with Gasteiger partial charge in [0.05, 0.1) is 13.1 Å². The lowest BCUT2D eigenvalue weighted by Crippen LogP contribution is -2.30. The molecule has 0 aliphatic rings. The maximum atomic E-state index is 8.09. The van der Waals surface area contributed by atoms with Crippen LogP contribution >= 0.6 is 0 Å². The third kappa shape index (κ3) is 19.4. The van der Waals surface area contributed by atoms with Crippen molar-refractivity contribution >= 4 is 6.15 Å². The third-order valence-electron chi connectivity index (χ3n) is 7.06. The number of hydrogen-bond donors (Lipinski definition) is 0. The molecule has 1 heterocycles. The molecule has 0 unspecified atom stereocenters. The number of aryl methyl sites for hydroxylation is 2. The van der Waals surface area contributed by atoms with Crippen LogP contribution in [0.3, 0.4) is 0 Å². The van der Waals surface area contributed by atoms with Crippen molar-refractivity contribution in [2.24, 2.45) is 0 Å². The average molecular weight is 521 g/mol. The van der Waals surface area contributed by atoms with Crippen LogP contribution in [-0.4, -0.2) is 10.7 Å². The van der Waals surface area contributed by atoms with Gasteiger partial charge in [0.15, 0.2) is 0 Å². The second-order valence-electron chi connectivity index (χ2n) is 10.6. The van der Waals surface area contributed by atoms with Gasteiger partial charge in [0.1, 0.15) is 12.4 Å². The van der Waals surface area contributed by atoms with Crippen molar-refractivity contribution in [2.45, 2.75) is 155 Å². The quantitative estimate of drug-likeness (QED) is 0.0871. The molecule has 0 atom stereocenters. The minimum atomic E-state index is -2.72. The molecule has 210 valence electrons. The average Bonchev–Trinajstić information content (AvgIpc) is 3.40. The summed E-state index contributed by atoms with van der Waals surface area (Å²) in [5, 5.41) is 32.3. The molecule has 0 saturated carbocycles. The first-order chi connectivity index (χ1) is 18.6. The first kappa shape index (κ1) is 35.2. The Morgan fingerprint density at radius 2 is 0.921 bits per heavy atom. The third-order valence-corrected chi connectivity index (χ3v) is 7.06. The molecule has 1 rings (SSSR count). The molecule has 6 nitrogen and oxygen atoms in total. The van der Waals surface area contributed by atoms with E-state index in [1.165, 1.54) is 165 Å². The molecule has 0 aliphatic carbocycles. The van der Waals surface area contributed by atoms with Gasteiger partial charge >= 0.3 is 6.15 Å². The zero-order valence-electron chi connectivity index (χ0n) is 24.5. The lowest BCUT2D eigenvalue weighted by molar-refractivity contribution is -0.696. The molecular weight excluding hydrogens is 467 g/mol. The Hall–Kier alpha value is -2.77. The Bertz CT molecular complexity index is 751. The molecule has 7 heteroatoms. The van der Waals surface area contributed by atoms with Crippen LogP contribution in [0.1, 0.15) is 142 Å². The highest BCUT2D eigenvalue weighted by atomic mass is 15.1. The van der Waals surface area contributed by atoms with E-state index in [4.69, 9.17) is 21.0 Å². The molecule has 0 bridgehead atoms. The summed E-state index contributed by atoms with van der Waals surface area (Å²) in [6.07, 6.45) is 32.5. The van der Waals surface area contributed by atoms with E-state index >= 15 is 0 Å². The van der Waals surface area contributed by atoms with Crippen LogP contribution < -0.4 is 4.57 Å². The second-order valence-corrected chi connectivity index (χ2v) is 10.6. The number of nitrogens with zero attached hydrogens (tertiary/aromatic N) is 6. The highest BCUT2D eigenvalue weighted by Gasteiger charge is 2.22. The number of hydrogen-bond acceptors (Lipinski definition) is 4. The summed E-state index contributed by atoms with van der Waals surface area (Å²) >= 11 is 0. The van der Waals surface area contributed by atoms with E-state index in [0.717, 1.165) is 0 Å². The molecule has 1 aromatic rings. The maximum absolute atomic E-state index is 8.09. The van der Waals surface area contributed by atoms with E-state index < -0.39 is 6.15 Å². The number of imidazole rings is 1. The number of nitriles is 4. The van der Waals surface area contributed by atoms with E-state index in [9.17, 15) is 0 Å². The summed E-state index contributed by atoms with van der Waals surface area (Å²) in [6, 6.07) is 0. The van der Waals surface area contributed by atoms with E-state index in [1.807, 2.05) is 0 Å². The molecule has 38 heavy (non-hydrogen) atoms. The van der Waals surface area contributed by atoms with Crippen molar-refractivity contribution in [1.82, 2.24) is 4.57 Å². The SMILES string of the molecule is CCCCCCCCCCCCn1cc[n+](CCCCCCCCCCCC)c1.N#C[B-](C#N)(C#N)C#N. The largest absolute Gasteiger partial charge is 0.383 e. The first-order valence-electron chi connectivity index (χ1n) is 15.5. The molecule has 0 amide bonds. The van der Waals surface area contributed by atoms with Crippen LogP contribution in [0.5, 0.6) is 0 Å². The fourth-order valence-electron chi connectivity index (χ4n) is 4.44. The number of unbranched alkanes of at least 4 members (excludes halogenated alkanes) is 18. The molecule has 0 N–H and O–H groups in total. The number of rotatable bonds is 22. The Balaban J connectivity index is 0.00000129. The zero-order chi connectivity index (χ0) is 28.2. The highest BCUT2D eigenvalue weighted by molar-refractivity contribution is 7.05. The van der Waals surface area contributed by atoms with Gasteiger partial charge in [-0.25, -0.2) is 30.2 Å². The summed E-state index contributed by atoms with van der Waals surface area (Å²) in [6.45, 7) is 6.98. The van der Waals surface area contributed by atoms with Crippen LogP contribution in [0, 0.1) is 44.9 Å². The van der Waals surface area contributed by atoms with Crippen LogP contribution in [0.15, 0.2) is 18.7 Å². The second kappa shape index (κ2) is 25.9. The van der Waals surface area contributed by atoms with Crippen molar-refractivity contribution in [3.05, 3.63) is 18.7 Å². The van der Waals surface area contributed by atoms with Crippen LogP contribution in [0.2, 0.25) is 0 Å². The van der Waals surface area contributed by atoms with Crippen molar-refractivity contribution in [3.63, 3.8) is 0 Å². The minimum Gasteiger partial charge on any atom is -0.245 e. The van der Waals surface area contributed by atoms with Gasteiger partial charge in [-0.05, 0) is 25.7 Å². The van der Waals surface area contributed by atoms with E-state index in [1.54, 1.807) is 0 Å². The molecule has 0 spiro atoms. The van der Waals surface area contributed by atoms with Gasteiger partial charge in [0, 0.05) is 0 Å². The Kier molecular flexibility index (Phi) is 24.0. The van der Waals surface area contributed by atoms with Crippen LogP contribution in [-0.2, 0) is 13.1 Å². The summed E-state index contributed by atoms with van der Waals surface area (Å²) in [7, 11) is 0. The van der Waals surface area contributed by atoms with Gasteiger partial charge < -0.3 is 0 Å². The fraction of sp³-hybridized carbons (Fsp3) is 0.774. The standard InChI is InChI=1S/C27H53N2.C4BN4/c1-3-5-7-9-11-13-15-17-19-21-23-28-25-26-29(27-28)24-22-20-18-16-14-12-10-8-6-4-2;6-1-5(2-7,3-8)4-9/h25-27H,3-24H2,1-2H3;/q+1;-1. The van der Waals surface area contributed by atoms with Crippen molar-refractivity contribution in [1.29, 1.82) is 21.0 Å². The van der Waals surface area contributed by atoms with Gasteiger partial charge in [-0.15, -0.1) is 23.9 Å². The van der Waals surface area contributed by atoms with Gasteiger partial charge in [0.2, 0.25) is 6.33 Å². The first-order valence-corrected chi connectivity index (χ1v) is 15.5. The Morgan fingerprint density at radius 3 is 1.29 bits per heavy atom. The molecular formula is C31H53BN6. The monoisotopic (exact) mass is 520 g/mol. The van der Waals surface area contributed by atoms with Gasteiger partial charge in [0.25, 0.3) is 0 Å². The molecule has 0 saturated heterocycles. The smallest absolute Gasteiger partial charge is 0.245 e. The lowest BCUT2D eigenvalue weighted by Gasteiger charge is -2.02. The molecule has 0 radical (unpaired) electrons. The normalized spacial score (nSPS) is 10.5. The van der Waals surface area contributed by atoms with Crippen LogP contribution in [0.4, 0.5) is 0 Å². The summed E-state index contributed by atoms with van der Waals surface area (Å²) in [4.78, 5) is 0. The predicted octanol–water partition coefficient (Wildman–Crippen LogP) is 8.30. The summed E-state index contributed by atoms with van der Waals surface area (Å²) < 4.78 is 4.78. The highest BCUT2D eigenvalue weighted by Crippen LogP contribution is 2.12. The van der Waals surface area contributed by atoms with Gasteiger partial charge in [-0.3, -0.25) is 0 Å². The summed E-state index contributed by atoms with van der Waals surface area (Å²) in [5.74, 6) is 5.38. The van der Waals surface area contributed by atoms with Crippen molar-refractivity contribution in [2.75, 3.05) is 0 Å². The van der Waals surface area contributed by atoms with Gasteiger partial charge in [-0.1, -0.05) is 117 Å². The van der Waals surface area contributed by atoms with E-state index in [-0.39, 0.29) is 0 Å². The minimum absolute atomic E-state index is 1.20. The molecule has 0 fully saturated rings. The zero-order valence-corrected chi connectivity index (χ0v) is 24.5. The fourth-order valence-corrected chi connectivity index (χ4v) is 4.44. The molecule has 1 aromatic heterocycles. The van der Waals surface area contributed by atoms with Crippen molar-refractivity contribution in [3.8, 4) is 23.9 Å². The maximum Gasteiger partial charge on any atom is 0.383 e. The number of aromatic nitrogens is 2. The van der Waals surface area contributed by atoms with E-state index in [0.29, 0.717) is 0 Å². The van der Waals surface area contributed by atoms with E-state index in [2.05, 4.69) is 41.7 Å². The summed E-state index contributed by atoms with van der Waals surface area (Å²) in [5.41, 5.74) is 0. The Labute approximate surface area is 234 Å². The molecule has 0 aromatic carbocycles.